The average molecular weight is 335 g/mol. The lowest BCUT2D eigenvalue weighted by Crippen LogP contribution is -2.50. The summed E-state index contributed by atoms with van der Waals surface area (Å²) < 4.78 is 2.03. The SMILES string of the molecule is CC(C)n1ccc(C(=O)N2CCN(C3=NCC(C)(C)S3)CC2)n1. The van der Waals surface area contributed by atoms with Crippen molar-refractivity contribution in [1.29, 1.82) is 0 Å². The number of piperazine rings is 1. The molecule has 0 saturated carbocycles. The molecule has 2 aliphatic heterocycles. The highest BCUT2D eigenvalue weighted by atomic mass is 32.2. The second-order valence-corrected chi connectivity index (χ2v) is 8.69. The molecule has 0 radical (unpaired) electrons. The van der Waals surface area contributed by atoms with Gasteiger partial charge >= 0.3 is 0 Å². The molecule has 0 spiro atoms. The molecule has 0 bridgehead atoms. The minimum Gasteiger partial charge on any atom is -0.348 e. The fraction of sp³-hybridized carbons (Fsp3) is 0.688. The molecule has 1 saturated heterocycles. The Balaban J connectivity index is 1.57. The van der Waals surface area contributed by atoms with E-state index in [-0.39, 0.29) is 16.7 Å². The van der Waals surface area contributed by atoms with Gasteiger partial charge in [0.25, 0.3) is 5.91 Å². The summed E-state index contributed by atoms with van der Waals surface area (Å²) in [6.45, 7) is 12.6. The minimum atomic E-state index is 0.0328. The van der Waals surface area contributed by atoms with Crippen molar-refractivity contribution in [2.45, 2.75) is 38.5 Å². The second-order valence-electron chi connectivity index (χ2n) is 7.01. The van der Waals surface area contributed by atoms with Crippen molar-refractivity contribution in [1.82, 2.24) is 19.6 Å². The lowest BCUT2D eigenvalue weighted by molar-refractivity contribution is 0.0686. The van der Waals surface area contributed by atoms with Crippen LogP contribution in [-0.2, 0) is 0 Å². The number of thioether (sulfide) groups is 1. The molecule has 6 nitrogen and oxygen atoms in total. The molecule has 2 aliphatic rings. The van der Waals surface area contributed by atoms with E-state index in [0.29, 0.717) is 5.69 Å². The number of nitrogens with zero attached hydrogens (tertiary/aromatic N) is 5. The molecule has 0 aliphatic carbocycles. The number of carbonyl (C=O) groups excluding carboxylic acids is 1. The predicted molar refractivity (Wildman–Crippen MR) is 94.1 cm³/mol. The molecule has 0 N–H and O–H groups in total. The van der Waals surface area contributed by atoms with Crippen molar-refractivity contribution in [2.75, 3.05) is 32.7 Å². The van der Waals surface area contributed by atoms with E-state index in [1.54, 1.807) is 0 Å². The van der Waals surface area contributed by atoms with Crippen molar-refractivity contribution in [3.63, 3.8) is 0 Å². The largest absolute Gasteiger partial charge is 0.348 e. The summed E-state index contributed by atoms with van der Waals surface area (Å²) in [5.74, 6) is 0.0328. The van der Waals surface area contributed by atoms with E-state index < -0.39 is 0 Å². The Morgan fingerprint density at radius 3 is 2.48 bits per heavy atom. The first-order chi connectivity index (χ1) is 10.9. The maximum Gasteiger partial charge on any atom is 0.274 e. The van der Waals surface area contributed by atoms with E-state index in [9.17, 15) is 4.79 Å². The number of amidine groups is 1. The van der Waals surface area contributed by atoms with Gasteiger partial charge in [-0.1, -0.05) is 11.8 Å². The first-order valence-corrected chi connectivity index (χ1v) is 9.00. The third-order valence-corrected chi connectivity index (χ3v) is 5.41. The van der Waals surface area contributed by atoms with E-state index in [1.807, 2.05) is 33.6 Å². The molecule has 23 heavy (non-hydrogen) atoms. The normalized spacial score (nSPS) is 21.0. The molecule has 0 unspecified atom stereocenters. The Hall–Kier alpha value is -1.50. The highest BCUT2D eigenvalue weighted by molar-refractivity contribution is 8.15. The van der Waals surface area contributed by atoms with Gasteiger partial charge in [0.1, 0.15) is 5.69 Å². The molecule has 126 valence electrons. The number of aliphatic imine (C=N–C) groups is 1. The molecule has 7 heteroatoms. The zero-order valence-corrected chi connectivity index (χ0v) is 15.1. The van der Waals surface area contributed by atoms with Crippen LogP contribution in [0.4, 0.5) is 0 Å². The van der Waals surface area contributed by atoms with Gasteiger partial charge in [-0.3, -0.25) is 14.5 Å². The van der Waals surface area contributed by atoms with Gasteiger partial charge in [-0.25, -0.2) is 0 Å². The van der Waals surface area contributed by atoms with Crippen LogP contribution in [0.2, 0.25) is 0 Å². The summed E-state index contributed by atoms with van der Waals surface area (Å²) in [4.78, 5) is 21.4. The first-order valence-electron chi connectivity index (χ1n) is 8.18. The van der Waals surface area contributed by atoms with Crippen LogP contribution in [0.5, 0.6) is 0 Å². The summed E-state index contributed by atoms with van der Waals surface area (Å²) in [5, 5.41) is 5.52. The van der Waals surface area contributed by atoms with Crippen molar-refractivity contribution in [3.05, 3.63) is 18.0 Å². The zero-order valence-electron chi connectivity index (χ0n) is 14.3. The molecule has 3 heterocycles. The Labute approximate surface area is 141 Å². The van der Waals surface area contributed by atoms with Gasteiger partial charge in [-0.05, 0) is 33.8 Å². The van der Waals surface area contributed by atoms with Crippen LogP contribution in [-0.4, -0.2) is 68.1 Å². The summed E-state index contributed by atoms with van der Waals surface area (Å²) in [6.07, 6.45) is 1.88. The second kappa shape index (κ2) is 6.19. The van der Waals surface area contributed by atoms with Crippen molar-refractivity contribution < 1.29 is 4.79 Å². The number of hydrogen-bond donors (Lipinski definition) is 0. The molecule has 0 aromatic carbocycles. The number of hydrogen-bond acceptors (Lipinski definition) is 5. The van der Waals surface area contributed by atoms with Crippen LogP contribution in [0.3, 0.4) is 0 Å². The molecule has 1 fully saturated rings. The summed E-state index contributed by atoms with van der Waals surface area (Å²) in [7, 11) is 0. The third-order valence-electron chi connectivity index (χ3n) is 4.16. The molecule has 0 atom stereocenters. The maximum atomic E-state index is 12.6. The quantitative estimate of drug-likeness (QED) is 0.830. The van der Waals surface area contributed by atoms with Crippen LogP contribution in [0.25, 0.3) is 0 Å². The van der Waals surface area contributed by atoms with E-state index in [0.717, 1.165) is 37.9 Å². The summed E-state index contributed by atoms with van der Waals surface area (Å²) >= 11 is 1.84. The Bertz CT molecular complexity index is 614. The lowest BCUT2D eigenvalue weighted by atomic mass is 10.2. The Morgan fingerprint density at radius 2 is 1.96 bits per heavy atom. The van der Waals surface area contributed by atoms with Gasteiger partial charge in [0.2, 0.25) is 0 Å². The summed E-state index contributed by atoms with van der Waals surface area (Å²) in [6, 6.07) is 2.09. The van der Waals surface area contributed by atoms with Crippen LogP contribution in [0, 0.1) is 0 Å². The van der Waals surface area contributed by atoms with Crippen LogP contribution >= 0.6 is 11.8 Å². The van der Waals surface area contributed by atoms with Crippen LogP contribution < -0.4 is 0 Å². The topological polar surface area (TPSA) is 53.7 Å². The minimum absolute atomic E-state index is 0.0328. The van der Waals surface area contributed by atoms with Gasteiger partial charge in [-0.15, -0.1) is 0 Å². The van der Waals surface area contributed by atoms with Crippen LogP contribution in [0.15, 0.2) is 17.3 Å². The average Bonchev–Trinajstić information content (AvgIpc) is 3.13. The molecule has 1 aromatic rings. The standard InChI is InChI=1S/C16H25N5OS/c1-12(2)21-6-5-13(18-21)14(22)19-7-9-20(10-8-19)15-17-11-16(3,4)23-15/h5-6,12H,7-11H2,1-4H3. The number of rotatable bonds is 2. The Morgan fingerprint density at radius 1 is 1.26 bits per heavy atom. The van der Waals surface area contributed by atoms with E-state index >= 15 is 0 Å². The van der Waals surface area contributed by atoms with Gasteiger partial charge in [0, 0.05) is 43.2 Å². The highest BCUT2D eigenvalue weighted by Gasteiger charge is 2.32. The van der Waals surface area contributed by atoms with Crippen molar-refractivity contribution in [3.8, 4) is 0 Å². The summed E-state index contributed by atoms with van der Waals surface area (Å²) in [5.41, 5.74) is 0.542. The van der Waals surface area contributed by atoms with Gasteiger partial charge < -0.3 is 9.80 Å². The van der Waals surface area contributed by atoms with Crippen LogP contribution in [0.1, 0.15) is 44.2 Å². The number of carbonyl (C=O) groups is 1. The monoisotopic (exact) mass is 335 g/mol. The molecule has 1 aromatic heterocycles. The molecule has 3 rings (SSSR count). The maximum absolute atomic E-state index is 12.6. The van der Waals surface area contributed by atoms with E-state index in [2.05, 4.69) is 42.7 Å². The molecular weight excluding hydrogens is 310 g/mol. The van der Waals surface area contributed by atoms with Crippen molar-refractivity contribution in [2.24, 2.45) is 4.99 Å². The smallest absolute Gasteiger partial charge is 0.274 e. The van der Waals surface area contributed by atoms with E-state index in [1.165, 1.54) is 0 Å². The lowest BCUT2D eigenvalue weighted by Gasteiger charge is -2.35. The fourth-order valence-electron chi connectivity index (χ4n) is 2.74. The molecular formula is C16H25N5OS. The van der Waals surface area contributed by atoms with E-state index in [4.69, 9.17) is 0 Å². The van der Waals surface area contributed by atoms with Gasteiger partial charge in [0.15, 0.2) is 5.17 Å². The fourth-order valence-corrected chi connectivity index (χ4v) is 3.80. The van der Waals surface area contributed by atoms with Gasteiger partial charge in [0.05, 0.1) is 6.54 Å². The Kier molecular flexibility index (Phi) is 4.40. The number of amides is 1. The van der Waals surface area contributed by atoms with Gasteiger partial charge in [-0.2, -0.15) is 5.10 Å². The zero-order chi connectivity index (χ0) is 16.6. The van der Waals surface area contributed by atoms with Crippen molar-refractivity contribution >= 4 is 22.8 Å². The molecule has 1 amide bonds. The highest BCUT2D eigenvalue weighted by Crippen LogP contribution is 2.33. The first kappa shape index (κ1) is 16.4. The number of aromatic nitrogens is 2. The predicted octanol–water partition coefficient (Wildman–Crippen LogP) is 2.10. The third kappa shape index (κ3) is 3.54.